The van der Waals surface area contributed by atoms with Crippen LogP contribution in [0.1, 0.15) is 39.0 Å². The Morgan fingerprint density at radius 2 is 2.06 bits per heavy atom. The van der Waals surface area contributed by atoms with Crippen molar-refractivity contribution in [2.45, 2.75) is 45.1 Å². The molecule has 0 aromatic rings. The average Bonchev–Trinajstić information content (AvgIpc) is 2.76. The molecule has 1 aliphatic heterocycles. The summed E-state index contributed by atoms with van der Waals surface area (Å²) in [7, 11) is 0. The topological polar surface area (TPSA) is 69.6 Å². The second-order valence-corrected chi connectivity index (χ2v) is 5.69. The maximum atomic E-state index is 12.0. The van der Waals surface area contributed by atoms with Crippen molar-refractivity contribution in [3.05, 3.63) is 0 Å². The number of likely N-dealkylation sites (tertiary alicyclic amines) is 1. The Morgan fingerprint density at radius 3 is 2.67 bits per heavy atom. The number of rotatable bonds is 2. The number of carbonyl (C=O) groups is 2. The lowest BCUT2D eigenvalue weighted by Crippen LogP contribution is -2.46. The molecule has 1 heterocycles. The molecule has 2 aliphatic rings. The highest BCUT2D eigenvalue weighted by Crippen LogP contribution is 2.25. The maximum absolute atomic E-state index is 12.0. The molecule has 0 spiro atoms. The van der Waals surface area contributed by atoms with Gasteiger partial charge in [-0.05, 0) is 31.6 Å². The molecular weight excluding hydrogens is 232 g/mol. The maximum Gasteiger partial charge on any atom is 0.317 e. The summed E-state index contributed by atoms with van der Waals surface area (Å²) in [5.74, 6) is -0.445. The Balaban J connectivity index is 1.81. The summed E-state index contributed by atoms with van der Waals surface area (Å²) >= 11 is 0. The van der Waals surface area contributed by atoms with E-state index < -0.39 is 5.97 Å². The van der Waals surface area contributed by atoms with Crippen molar-refractivity contribution in [2.75, 3.05) is 13.1 Å². The Bertz CT molecular complexity index is 332. The first-order chi connectivity index (χ1) is 8.56. The van der Waals surface area contributed by atoms with Crippen molar-refractivity contribution < 1.29 is 14.7 Å². The SMILES string of the molecule is CC1CCN(C(=O)NC2CCCC(C(=O)O)C2)C1. The minimum atomic E-state index is -0.733. The summed E-state index contributed by atoms with van der Waals surface area (Å²) in [5.41, 5.74) is 0. The van der Waals surface area contributed by atoms with Gasteiger partial charge in [-0.3, -0.25) is 4.79 Å². The zero-order valence-corrected chi connectivity index (χ0v) is 10.9. The summed E-state index contributed by atoms with van der Waals surface area (Å²) < 4.78 is 0. The minimum Gasteiger partial charge on any atom is -0.481 e. The molecule has 1 saturated heterocycles. The van der Waals surface area contributed by atoms with Crippen LogP contribution in [-0.4, -0.2) is 41.1 Å². The number of nitrogens with zero attached hydrogens (tertiary/aromatic N) is 1. The first-order valence-electron chi connectivity index (χ1n) is 6.84. The lowest BCUT2D eigenvalue weighted by Gasteiger charge is -2.29. The van der Waals surface area contributed by atoms with Gasteiger partial charge in [0.25, 0.3) is 0 Å². The van der Waals surface area contributed by atoms with Crippen LogP contribution in [0.2, 0.25) is 0 Å². The Morgan fingerprint density at radius 1 is 1.28 bits per heavy atom. The van der Waals surface area contributed by atoms with E-state index in [4.69, 9.17) is 5.11 Å². The second-order valence-electron chi connectivity index (χ2n) is 5.69. The normalized spacial score (nSPS) is 32.3. The molecule has 2 N–H and O–H groups in total. The molecule has 18 heavy (non-hydrogen) atoms. The van der Waals surface area contributed by atoms with E-state index in [0.29, 0.717) is 12.3 Å². The fourth-order valence-corrected chi connectivity index (χ4v) is 2.93. The molecule has 1 aliphatic carbocycles. The van der Waals surface area contributed by atoms with E-state index in [2.05, 4.69) is 12.2 Å². The minimum absolute atomic E-state index is 0.0182. The molecular formula is C13H22N2O3. The molecule has 3 atom stereocenters. The molecule has 0 radical (unpaired) electrons. The van der Waals surface area contributed by atoms with Gasteiger partial charge < -0.3 is 15.3 Å². The van der Waals surface area contributed by atoms with Crippen LogP contribution in [0.3, 0.4) is 0 Å². The molecule has 2 rings (SSSR count). The Kier molecular flexibility index (Phi) is 4.09. The van der Waals surface area contributed by atoms with Crippen molar-refractivity contribution in [3.8, 4) is 0 Å². The zero-order chi connectivity index (χ0) is 13.1. The molecule has 5 heteroatoms. The van der Waals surface area contributed by atoms with E-state index in [0.717, 1.165) is 38.8 Å². The largest absolute Gasteiger partial charge is 0.481 e. The van der Waals surface area contributed by atoms with Gasteiger partial charge in [-0.2, -0.15) is 0 Å². The van der Waals surface area contributed by atoms with E-state index in [9.17, 15) is 9.59 Å². The van der Waals surface area contributed by atoms with Gasteiger partial charge in [0.05, 0.1) is 5.92 Å². The number of aliphatic carboxylic acids is 1. The van der Waals surface area contributed by atoms with Gasteiger partial charge in [0.1, 0.15) is 0 Å². The van der Waals surface area contributed by atoms with E-state index in [1.54, 1.807) is 0 Å². The first-order valence-corrected chi connectivity index (χ1v) is 6.84. The van der Waals surface area contributed by atoms with Crippen molar-refractivity contribution in [2.24, 2.45) is 11.8 Å². The van der Waals surface area contributed by atoms with E-state index in [-0.39, 0.29) is 18.0 Å². The van der Waals surface area contributed by atoms with Crippen molar-refractivity contribution in [1.82, 2.24) is 10.2 Å². The molecule has 2 amide bonds. The summed E-state index contributed by atoms with van der Waals surface area (Å²) in [4.78, 5) is 24.8. The molecule has 1 saturated carbocycles. The van der Waals surface area contributed by atoms with Crippen LogP contribution in [0.5, 0.6) is 0 Å². The summed E-state index contributed by atoms with van der Waals surface area (Å²) in [6.45, 7) is 3.79. The van der Waals surface area contributed by atoms with Gasteiger partial charge in [-0.25, -0.2) is 4.79 Å². The number of carboxylic acid groups (broad SMARTS) is 1. The second kappa shape index (κ2) is 5.59. The number of hydrogen-bond acceptors (Lipinski definition) is 2. The summed E-state index contributed by atoms with van der Waals surface area (Å²) in [6.07, 6.45) is 4.17. The highest BCUT2D eigenvalue weighted by Gasteiger charge is 2.30. The molecule has 2 fully saturated rings. The van der Waals surface area contributed by atoms with Crippen molar-refractivity contribution >= 4 is 12.0 Å². The smallest absolute Gasteiger partial charge is 0.317 e. The summed E-state index contributed by atoms with van der Waals surface area (Å²) in [6, 6.07) is 0.0126. The Labute approximate surface area is 108 Å². The van der Waals surface area contributed by atoms with Gasteiger partial charge in [-0.15, -0.1) is 0 Å². The van der Waals surface area contributed by atoms with Gasteiger partial charge >= 0.3 is 12.0 Å². The number of amides is 2. The Hall–Kier alpha value is -1.26. The highest BCUT2D eigenvalue weighted by atomic mass is 16.4. The third-order valence-electron chi connectivity index (χ3n) is 4.06. The predicted molar refractivity (Wildman–Crippen MR) is 67.3 cm³/mol. The lowest BCUT2D eigenvalue weighted by molar-refractivity contribution is -0.143. The average molecular weight is 254 g/mol. The number of carboxylic acids is 1. The van der Waals surface area contributed by atoms with Gasteiger partial charge in [0.2, 0.25) is 0 Å². The van der Waals surface area contributed by atoms with Gasteiger partial charge in [0, 0.05) is 19.1 Å². The fourth-order valence-electron chi connectivity index (χ4n) is 2.93. The zero-order valence-electron chi connectivity index (χ0n) is 10.9. The number of hydrogen-bond donors (Lipinski definition) is 2. The third-order valence-corrected chi connectivity index (χ3v) is 4.06. The fraction of sp³-hybridized carbons (Fsp3) is 0.846. The number of urea groups is 1. The number of carbonyl (C=O) groups excluding carboxylic acids is 1. The van der Waals surface area contributed by atoms with Crippen LogP contribution in [-0.2, 0) is 4.79 Å². The lowest BCUT2D eigenvalue weighted by atomic mass is 9.86. The standard InChI is InChI=1S/C13H22N2O3/c1-9-5-6-15(8-9)13(18)14-11-4-2-3-10(7-11)12(16)17/h9-11H,2-8H2,1H3,(H,14,18)(H,16,17). The first kappa shape index (κ1) is 13.2. The van der Waals surface area contributed by atoms with Crippen LogP contribution in [0.4, 0.5) is 4.79 Å². The predicted octanol–water partition coefficient (Wildman–Crippen LogP) is 1.68. The number of nitrogens with one attached hydrogen (secondary N) is 1. The van der Waals surface area contributed by atoms with Gasteiger partial charge in [-0.1, -0.05) is 13.3 Å². The van der Waals surface area contributed by atoms with Crippen LogP contribution < -0.4 is 5.32 Å². The van der Waals surface area contributed by atoms with E-state index in [1.807, 2.05) is 4.90 Å². The van der Waals surface area contributed by atoms with Crippen LogP contribution in [0.25, 0.3) is 0 Å². The quantitative estimate of drug-likeness (QED) is 0.787. The third kappa shape index (κ3) is 3.15. The molecule has 102 valence electrons. The van der Waals surface area contributed by atoms with Crippen LogP contribution in [0.15, 0.2) is 0 Å². The van der Waals surface area contributed by atoms with E-state index in [1.165, 1.54) is 0 Å². The molecule has 0 aromatic heterocycles. The van der Waals surface area contributed by atoms with E-state index >= 15 is 0 Å². The molecule has 3 unspecified atom stereocenters. The van der Waals surface area contributed by atoms with Crippen molar-refractivity contribution in [3.63, 3.8) is 0 Å². The van der Waals surface area contributed by atoms with Gasteiger partial charge in [0.15, 0.2) is 0 Å². The molecule has 0 bridgehead atoms. The summed E-state index contributed by atoms with van der Waals surface area (Å²) in [5, 5.41) is 12.0. The van der Waals surface area contributed by atoms with Crippen LogP contribution in [0, 0.1) is 11.8 Å². The highest BCUT2D eigenvalue weighted by molar-refractivity contribution is 5.75. The van der Waals surface area contributed by atoms with Crippen LogP contribution >= 0.6 is 0 Å². The molecule has 5 nitrogen and oxygen atoms in total. The van der Waals surface area contributed by atoms with Crippen molar-refractivity contribution in [1.29, 1.82) is 0 Å². The monoisotopic (exact) mass is 254 g/mol. The molecule has 0 aromatic carbocycles.